The minimum absolute atomic E-state index is 0.0196. The number of para-hydroxylation sites is 1. The Hall–Kier alpha value is -2.34. The third kappa shape index (κ3) is 3.36. The SMILES string of the molecule is CCCNCc1ccnc(-c2ccccc2[N+](=O)[O-])n1. The van der Waals surface area contributed by atoms with Crippen LogP contribution in [-0.2, 0) is 6.54 Å². The summed E-state index contributed by atoms with van der Waals surface area (Å²) in [5, 5.41) is 14.3. The first kappa shape index (κ1) is 14.1. The standard InChI is InChI=1S/C14H16N4O2/c1-2-8-15-10-11-7-9-16-14(17-11)12-5-3-4-6-13(12)18(19)20/h3-7,9,15H,2,8,10H2,1H3. The Balaban J connectivity index is 2.29. The van der Waals surface area contributed by atoms with Crippen molar-refractivity contribution in [2.24, 2.45) is 0 Å². The Bertz CT molecular complexity index is 601. The molecule has 0 saturated carbocycles. The van der Waals surface area contributed by atoms with Crippen LogP contribution in [0.5, 0.6) is 0 Å². The number of nitro groups is 1. The van der Waals surface area contributed by atoms with Crippen LogP contribution in [0.1, 0.15) is 19.0 Å². The Labute approximate surface area is 117 Å². The fourth-order valence-electron chi connectivity index (χ4n) is 1.84. The van der Waals surface area contributed by atoms with Gasteiger partial charge in [-0.05, 0) is 25.1 Å². The fraction of sp³-hybridized carbons (Fsp3) is 0.286. The lowest BCUT2D eigenvalue weighted by molar-refractivity contribution is -0.384. The van der Waals surface area contributed by atoms with Crippen molar-refractivity contribution >= 4 is 5.69 Å². The van der Waals surface area contributed by atoms with Crippen molar-refractivity contribution in [3.8, 4) is 11.4 Å². The number of hydrogen-bond acceptors (Lipinski definition) is 5. The van der Waals surface area contributed by atoms with Crippen molar-refractivity contribution in [1.29, 1.82) is 0 Å². The lowest BCUT2D eigenvalue weighted by Crippen LogP contribution is -2.15. The van der Waals surface area contributed by atoms with Gasteiger partial charge in [0.2, 0.25) is 0 Å². The smallest absolute Gasteiger partial charge is 0.280 e. The largest absolute Gasteiger partial charge is 0.311 e. The van der Waals surface area contributed by atoms with E-state index < -0.39 is 4.92 Å². The van der Waals surface area contributed by atoms with Gasteiger partial charge in [-0.25, -0.2) is 9.97 Å². The average molecular weight is 272 g/mol. The monoisotopic (exact) mass is 272 g/mol. The third-order valence-electron chi connectivity index (χ3n) is 2.79. The van der Waals surface area contributed by atoms with Crippen LogP contribution in [0, 0.1) is 10.1 Å². The molecule has 2 aromatic rings. The molecule has 0 unspecified atom stereocenters. The van der Waals surface area contributed by atoms with Gasteiger partial charge >= 0.3 is 0 Å². The van der Waals surface area contributed by atoms with Crippen LogP contribution >= 0.6 is 0 Å². The first-order valence-electron chi connectivity index (χ1n) is 6.48. The molecule has 1 aromatic heterocycles. The van der Waals surface area contributed by atoms with E-state index in [1.54, 1.807) is 30.5 Å². The second-order valence-electron chi connectivity index (χ2n) is 4.32. The summed E-state index contributed by atoms with van der Waals surface area (Å²) in [6, 6.07) is 8.31. The van der Waals surface area contributed by atoms with E-state index in [1.165, 1.54) is 6.07 Å². The maximum absolute atomic E-state index is 11.0. The summed E-state index contributed by atoms with van der Waals surface area (Å²) in [7, 11) is 0. The number of aromatic nitrogens is 2. The van der Waals surface area contributed by atoms with Gasteiger partial charge in [0.1, 0.15) is 0 Å². The highest BCUT2D eigenvalue weighted by atomic mass is 16.6. The van der Waals surface area contributed by atoms with Crippen molar-refractivity contribution in [2.75, 3.05) is 6.54 Å². The van der Waals surface area contributed by atoms with E-state index in [0.29, 0.717) is 17.9 Å². The van der Waals surface area contributed by atoms with E-state index in [0.717, 1.165) is 18.7 Å². The summed E-state index contributed by atoms with van der Waals surface area (Å²) >= 11 is 0. The maximum atomic E-state index is 11.0. The molecular formula is C14H16N4O2. The van der Waals surface area contributed by atoms with E-state index in [-0.39, 0.29) is 5.69 Å². The van der Waals surface area contributed by atoms with E-state index in [2.05, 4.69) is 22.2 Å². The highest BCUT2D eigenvalue weighted by molar-refractivity contribution is 5.67. The topological polar surface area (TPSA) is 81.0 Å². The van der Waals surface area contributed by atoms with Crippen molar-refractivity contribution in [2.45, 2.75) is 19.9 Å². The van der Waals surface area contributed by atoms with Crippen LogP contribution in [0.25, 0.3) is 11.4 Å². The summed E-state index contributed by atoms with van der Waals surface area (Å²) in [6.45, 7) is 3.63. The number of nitrogens with one attached hydrogen (secondary N) is 1. The van der Waals surface area contributed by atoms with Crippen LogP contribution in [0.2, 0.25) is 0 Å². The van der Waals surface area contributed by atoms with Crippen molar-refractivity contribution in [3.05, 3.63) is 52.3 Å². The average Bonchev–Trinajstić information content (AvgIpc) is 2.48. The molecule has 0 aliphatic heterocycles. The minimum atomic E-state index is -0.416. The third-order valence-corrected chi connectivity index (χ3v) is 2.79. The Morgan fingerprint density at radius 2 is 2.10 bits per heavy atom. The number of nitro benzene ring substituents is 1. The summed E-state index contributed by atoms with van der Waals surface area (Å²) < 4.78 is 0. The van der Waals surface area contributed by atoms with Gasteiger partial charge < -0.3 is 5.32 Å². The van der Waals surface area contributed by atoms with E-state index in [9.17, 15) is 10.1 Å². The van der Waals surface area contributed by atoms with Gasteiger partial charge in [-0.1, -0.05) is 19.1 Å². The first-order chi connectivity index (χ1) is 9.72. The predicted octanol–water partition coefficient (Wildman–Crippen LogP) is 2.55. The van der Waals surface area contributed by atoms with E-state index >= 15 is 0 Å². The quantitative estimate of drug-likeness (QED) is 0.496. The molecule has 0 radical (unpaired) electrons. The Morgan fingerprint density at radius 3 is 2.85 bits per heavy atom. The number of rotatable bonds is 6. The van der Waals surface area contributed by atoms with Gasteiger partial charge in [0.15, 0.2) is 5.82 Å². The Kier molecular flexibility index (Phi) is 4.73. The molecular weight excluding hydrogens is 256 g/mol. The van der Waals surface area contributed by atoms with E-state index in [4.69, 9.17) is 0 Å². The molecule has 0 saturated heterocycles. The highest BCUT2D eigenvalue weighted by Crippen LogP contribution is 2.26. The molecule has 1 N–H and O–H groups in total. The van der Waals surface area contributed by atoms with Crippen molar-refractivity contribution in [3.63, 3.8) is 0 Å². The molecule has 0 spiro atoms. The maximum Gasteiger partial charge on any atom is 0.280 e. The molecule has 0 aliphatic rings. The molecule has 1 aromatic carbocycles. The van der Waals surface area contributed by atoms with Gasteiger partial charge in [-0.3, -0.25) is 10.1 Å². The molecule has 2 rings (SSSR count). The van der Waals surface area contributed by atoms with Gasteiger partial charge in [-0.15, -0.1) is 0 Å². The molecule has 0 aliphatic carbocycles. The molecule has 6 heteroatoms. The van der Waals surface area contributed by atoms with Crippen LogP contribution in [0.3, 0.4) is 0 Å². The normalized spacial score (nSPS) is 10.4. The van der Waals surface area contributed by atoms with Gasteiger partial charge in [0.25, 0.3) is 5.69 Å². The highest BCUT2D eigenvalue weighted by Gasteiger charge is 2.16. The lowest BCUT2D eigenvalue weighted by Gasteiger charge is -2.05. The molecule has 1 heterocycles. The second-order valence-corrected chi connectivity index (χ2v) is 4.32. The van der Waals surface area contributed by atoms with Crippen LogP contribution < -0.4 is 5.32 Å². The lowest BCUT2D eigenvalue weighted by atomic mass is 10.1. The van der Waals surface area contributed by atoms with Crippen LogP contribution in [-0.4, -0.2) is 21.4 Å². The molecule has 0 fully saturated rings. The van der Waals surface area contributed by atoms with Crippen LogP contribution in [0.4, 0.5) is 5.69 Å². The zero-order chi connectivity index (χ0) is 14.4. The summed E-state index contributed by atoms with van der Waals surface area (Å²) in [5.41, 5.74) is 1.28. The van der Waals surface area contributed by atoms with Crippen LogP contribution in [0.15, 0.2) is 36.5 Å². The molecule has 0 amide bonds. The van der Waals surface area contributed by atoms with Gasteiger partial charge in [0, 0.05) is 18.8 Å². The van der Waals surface area contributed by atoms with Gasteiger partial charge in [-0.2, -0.15) is 0 Å². The number of hydrogen-bond donors (Lipinski definition) is 1. The van der Waals surface area contributed by atoms with Crippen molar-refractivity contribution < 1.29 is 4.92 Å². The molecule has 0 atom stereocenters. The zero-order valence-electron chi connectivity index (χ0n) is 11.2. The molecule has 6 nitrogen and oxygen atoms in total. The second kappa shape index (κ2) is 6.72. The van der Waals surface area contributed by atoms with Crippen molar-refractivity contribution in [1.82, 2.24) is 15.3 Å². The summed E-state index contributed by atoms with van der Waals surface area (Å²) in [6.07, 6.45) is 2.67. The van der Waals surface area contributed by atoms with Gasteiger partial charge in [0.05, 0.1) is 16.2 Å². The van der Waals surface area contributed by atoms with E-state index in [1.807, 2.05) is 0 Å². The molecule has 104 valence electrons. The predicted molar refractivity (Wildman–Crippen MR) is 76.1 cm³/mol. The number of nitrogens with zero attached hydrogens (tertiary/aromatic N) is 3. The first-order valence-corrected chi connectivity index (χ1v) is 6.48. The summed E-state index contributed by atoms with van der Waals surface area (Å²) in [4.78, 5) is 19.1. The Morgan fingerprint density at radius 1 is 1.30 bits per heavy atom. The summed E-state index contributed by atoms with van der Waals surface area (Å²) in [5.74, 6) is 0.382. The fourth-order valence-corrected chi connectivity index (χ4v) is 1.84. The zero-order valence-corrected chi connectivity index (χ0v) is 11.2. The molecule has 0 bridgehead atoms. The number of benzene rings is 1. The molecule has 20 heavy (non-hydrogen) atoms. The minimum Gasteiger partial charge on any atom is -0.311 e.